The first-order valence-corrected chi connectivity index (χ1v) is 4.17. The highest BCUT2D eigenvalue weighted by Crippen LogP contribution is 2.23. The van der Waals surface area contributed by atoms with E-state index in [1.54, 1.807) is 29.9 Å². The number of aryl methyl sites for hydroxylation is 1. The summed E-state index contributed by atoms with van der Waals surface area (Å²) in [5, 5.41) is 0.612. The molecule has 2 aromatic heterocycles. The van der Waals surface area contributed by atoms with Gasteiger partial charge in [0.15, 0.2) is 6.29 Å². The van der Waals surface area contributed by atoms with E-state index in [1.165, 1.54) is 0 Å². The number of rotatable bonds is 1. The number of carbonyl (C=O) groups excluding carboxylic acids is 1. The Morgan fingerprint density at radius 2 is 2.38 bits per heavy atom. The fourth-order valence-electron chi connectivity index (χ4n) is 1.36. The molecular formula is C9H7ClN2O. The summed E-state index contributed by atoms with van der Waals surface area (Å²) >= 11 is 5.96. The van der Waals surface area contributed by atoms with Gasteiger partial charge in [-0.15, -0.1) is 0 Å². The summed E-state index contributed by atoms with van der Waals surface area (Å²) in [5.74, 6) is 0. The van der Waals surface area contributed by atoms with Gasteiger partial charge in [-0.2, -0.15) is 0 Å². The third kappa shape index (κ3) is 1.12. The number of nitrogens with zero attached hydrogens (tertiary/aromatic N) is 2. The minimum absolute atomic E-state index is 0.579. The second-order valence-electron chi connectivity index (χ2n) is 2.77. The lowest BCUT2D eigenvalue weighted by Crippen LogP contribution is -1.93. The van der Waals surface area contributed by atoms with Crippen molar-refractivity contribution in [2.75, 3.05) is 0 Å². The Morgan fingerprint density at radius 3 is 3.00 bits per heavy atom. The van der Waals surface area contributed by atoms with E-state index in [-0.39, 0.29) is 0 Å². The molecule has 13 heavy (non-hydrogen) atoms. The van der Waals surface area contributed by atoms with Gasteiger partial charge in [-0.25, -0.2) is 0 Å². The standard InChI is InChI=1S/C9H7ClN2O/c1-12-6(5-13)4-8-9(12)7(10)2-3-11-8/h2-5H,1H3. The number of hydrogen-bond acceptors (Lipinski definition) is 2. The zero-order chi connectivity index (χ0) is 9.42. The van der Waals surface area contributed by atoms with Crippen molar-refractivity contribution in [3.8, 4) is 0 Å². The molecule has 0 unspecified atom stereocenters. The molecular weight excluding hydrogens is 188 g/mol. The molecule has 2 heterocycles. The number of hydrogen-bond donors (Lipinski definition) is 0. The summed E-state index contributed by atoms with van der Waals surface area (Å²) in [6.07, 6.45) is 2.41. The predicted molar refractivity (Wildman–Crippen MR) is 51.1 cm³/mol. The van der Waals surface area contributed by atoms with Gasteiger partial charge in [-0.3, -0.25) is 9.78 Å². The number of aldehydes is 1. The molecule has 0 radical (unpaired) electrons. The van der Waals surface area contributed by atoms with Crippen molar-refractivity contribution >= 4 is 28.9 Å². The number of carbonyl (C=O) groups is 1. The van der Waals surface area contributed by atoms with E-state index >= 15 is 0 Å². The highest BCUT2D eigenvalue weighted by atomic mass is 35.5. The van der Waals surface area contributed by atoms with Crippen LogP contribution < -0.4 is 0 Å². The molecule has 0 aromatic carbocycles. The monoisotopic (exact) mass is 194 g/mol. The van der Waals surface area contributed by atoms with Crippen LogP contribution in [0.2, 0.25) is 5.02 Å². The maximum Gasteiger partial charge on any atom is 0.166 e. The van der Waals surface area contributed by atoms with Crippen molar-refractivity contribution in [2.24, 2.45) is 7.05 Å². The molecule has 0 N–H and O–H groups in total. The first-order valence-electron chi connectivity index (χ1n) is 3.79. The van der Waals surface area contributed by atoms with Gasteiger partial charge in [0, 0.05) is 13.2 Å². The molecule has 0 aliphatic rings. The van der Waals surface area contributed by atoms with E-state index in [0.29, 0.717) is 10.7 Å². The minimum Gasteiger partial charge on any atom is -0.339 e. The van der Waals surface area contributed by atoms with E-state index in [2.05, 4.69) is 4.98 Å². The lowest BCUT2D eigenvalue weighted by atomic mass is 10.4. The van der Waals surface area contributed by atoms with Crippen molar-refractivity contribution in [2.45, 2.75) is 0 Å². The fraction of sp³-hybridized carbons (Fsp3) is 0.111. The van der Waals surface area contributed by atoms with Crippen LogP contribution in [0.25, 0.3) is 11.0 Å². The van der Waals surface area contributed by atoms with Crippen LogP contribution in [0, 0.1) is 0 Å². The van der Waals surface area contributed by atoms with Crippen molar-refractivity contribution < 1.29 is 4.79 Å². The maximum atomic E-state index is 10.6. The van der Waals surface area contributed by atoms with Crippen molar-refractivity contribution in [1.82, 2.24) is 9.55 Å². The van der Waals surface area contributed by atoms with Crippen LogP contribution in [0.15, 0.2) is 18.3 Å². The molecule has 0 saturated heterocycles. The maximum absolute atomic E-state index is 10.6. The van der Waals surface area contributed by atoms with Crippen LogP contribution in [0.4, 0.5) is 0 Å². The highest BCUT2D eigenvalue weighted by molar-refractivity contribution is 6.35. The molecule has 2 rings (SSSR count). The Kier molecular flexibility index (Phi) is 1.81. The molecule has 0 spiro atoms. The lowest BCUT2D eigenvalue weighted by Gasteiger charge is -1.98. The van der Waals surface area contributed by atoms with Crippen molar-refractivity contribution in [3.63, 3.8) is 0 Å². The van der Waals surface area contributed by atoms with Crippen LogP contribution in [0.1, 0.15) is 10.5 Å². The Labute approximate surface area is 79.9 Å². The first kappa shape index (κ1) is 8.26. The molecule has 0 aliphatic heterocycles. The number of halogens is 1. The third-order valence-electron chi connectivity index (χ3n) is 2.03. The summed E-state index contributed by atoms with van der Waals surface area (Å²) in [5.41, 5.74) is 2.12. The van der Waals surface area contributed by atoms with Gasteiger partial charge in [-0.1, -0.05) is 11.6 Å². The quantitative estimate of drug-likeness (QED) is 0.652. The predicted octanol–water partition coefficient (Wildman–Crippen LogP) is 2.04. The number of pyridine rings is 1. The summed E-state index contributed by atoms with van der Waals surface area (Å²) in [6.45, 7) is 0. The van der Waals surface area contributed by atoms with E-state index in [1.807, 2.05) is 0 Å². The first-order chi connectivity index (χ1) is 6.24. The second-order valence-corrected chi connectivity index (χ2v) is 3.18. The summed E-state index contributed by atoms with van der Waals surface area (Å²) in [6, 6.07) is 3.42. The summed E-state index contributed by atoms with van der Waals surface area (Å²) < 4.78 is 1.73. The smallest absolute Gasteiger partial charge is 0.166 e. The average molecular weight is 195 g/mol. The highest BCUT2D eigenvalue weighted by Gasteiger charge is 2.08. The van der Waals surface area contributed by atoms with Crippen LogP contribution >= 0.6 is 11.6 Å². The molecule has 2 aromatic rings. The van der Waals surface area contributed by atoms with Crippen LogP contribution in [-0.2, 0) is 7.05 Å². The zero-order valence-electron chi connectivity index (χ0n) is 6.99. The Morgan fingerprint density at radius 1 is 1.62 bits per heavy atom. The van der Waals surface area contributed by atoms with Crippen LogP contribution in [0.5, 0.6) is 0 Å². The SMILES string of the molecule is Cn1c(C=O)cc2nccc(Cl)c21. The van der Waals surface area contributed by atoms with Gasteiger partial charge in [0.05, 0.1) is 21.7 Å². The normalized spacial score (nSPS) is 10.6. The lowest BCUT2D eigenvalue weighted by molar-refractivity contribution is 0.111. The Balaban J connectivity index is 2.92. The van der Waals surface area contributed by atoms with Crippen LogP contribution in [-0.4, -0.2) is 15.8 Å². The van der Waals surface area contributed by atoms with Gasteiger partial charge in [0.25, 0.3) is 0 Å². The molecule has 4 heteroatoms. The second kappa shape index (κ2) is 2.85. The Bertz CT molecular complexity index is 476. The molecule has 0 bridgehead atoms. The van der Waals surface area contributed by atoms with E-state index in [0.717, 1.165) is 17.3 Å². The topological polar surface area (TPSA) is 34.9 Å². The van der Waals surface area contributed by atoms with Gasteiger partial charge < -0.3 is 4.57 Å². The van der Waals surface area contributed by atoms with E-state index in [4.69, 9.17) is 11.6 Å². The zero-order valence-corrected chi connectivity index (χ0v) is 7.75. The molecule has 0 saturated carbocycles. The van der Waals surface area contributed by atoms with E-state index < -0.39 is 0 Å². The molecule has 0 fully saturated rings. The van der Waals surface area contributed by atoms with Crippen molar-refractivity contribution in [1.29, 1.82) is 0 Å². The molecule has 3 nitrogen and oxygen atoms in total. The molecule has 0 aliphatic carbocycles. The summed E-state index contributed by atoms with van der Waals surface area (Å²) in [7, 11) is 1.79. The van der Waals surface area contributed by atoms with Gasteiger partial charge >= 0.3 is 0 Å². The summed E-state index contributed by atoms with van der Waals surface area (Å²) in [4.78, 5) is 14.7. The number of aromatic nitrogens is 2. The number of fused-ring (bicyclic) bond motifs is 1. The van der Waals surface area contributed by atoms with Crippen LogP contribution in [0.3, 0.4) is 0 Å². The minimum atomic E-state index is 0.579. The third-order valence-corrected chi connectivity index (χ3v) is 2.34. The van der Waals surface area contributed by atoms with E-state index in [9.17, 15) is 4.79 Å². The molecule has 0 atom stereocenters. The largest absolute Gasteiger partial charge is 0.339 e. The Hall–Kier alpha value is -1.35. The van der Waals surface area contributed by atoms with Gasteiger partial charge in [0.2, 0.25) is 0 Å². The van der Waals surface area contributed by atoms with Gasteiger partial charge in [-0.05, 0) is 12.1 Å². The average Bonchev–Trinajstić information content (AvgIpc) is 2.44. The van der Waals surface area contributed by atoms with Gasteiger partial charge in [0.1, 0.15) is 0 Å². The molecule has 66 valence electrons. The fourth-order valence-corrected chi connectivity index (χ4v) is 1.64. The molecule has 0 amide bonds. The van der Waals surface area contributed by atoms with Crippen molar-refractivity contribution in [3.05, 3.63) is 29.0 Å².